The Kier molecular flexibility index (Phi) is 6.12. The van der Waals surface area contributed by atoms with E-state index >= 15 is 0 Å². The zero-order valence-corrected chi connectivity index (χ0v) is 12.8. The molecule has 20 heavy (non-hydrogen) atoms. The van der Waals surface area contributed by atoms with Gasteiger partial charge in [0.25, 0.3) is 0 Å². The zero-order chi connectivity index (χ0) is 14.2. The molecule has 0 spiro atoms. The molecule has 1 aromatic heterocycles. The van der Waals surface area contributed by atoms with E-state index in [1.165, 1.54) is 19.3 Å². The number of ether oxygens (including phenoxy) is 1. The van der Waals surface area contributed by atoms with Crippen LogP contribution >= 0.6 is 0 Å². The number of hydrogen-bond acceptors (Lipinski definition) is 4. The molecule has 0 amide bonds. The predicted octanol–water partition coefficient (Wildman–Crippen LogP) is 3.30. The monoisotopic (exact) mass is 277 g/mol. The topological polar surface area (TPSA) is 37.4 Å². The van der Waals surface area contributed by atoms with Gasteiger partial charge in [-0.05, 0) is 25.0 Å². The van der Waals surface area contributed by atoms with E-state index < -0.39 is 0 Å². The highest BCUT2D eigenvalue weighted by atomic mass is 16.5. The Hall–Kier alpha value is -1.29. The van der Waals surface area contributed by atoms with E-state index in [0.717, 1.165) is 44.2 Å². The van der Waals surface area contributed by atoms with Crippen LogP contribution in [-0.4, -0.2) is 37.3 Å². The molecule has 0 saturated carbocycles. The fourth-order valence-corrected chi connectivity index (χ4v) is 2.52. The van der Waals surface area contributed by atoms with Gasteiger partial charge in [-0.1, -0.05) is 26.7 Å². The van der Waals surface area contributed by atoms with Gasteiger partial charge in [-0.15, -0.1) is 0 Å². The Morgan fingerprint density at radius 2 is 2.10 bits per heavy atom. The summed E-state index contributed by atoms with van der Waals surface area (Å²) in [5.41, 5.74) is 1.13. The first-order chi connectivity index (χ1) is 9.83. The number of hydrogen-bond donors (Lipinski definition) is 1. The second-order valence-corrected chi connectivity index (χ2v) is 5.40. The van der Waals surface area contributed by atoms with Crippen LogP contribution in [0.25, 0.3) is 0 Å². The van der Waals surface area contributed by atoms with E-state index in [9.17, 15) is 0 Å². The van der Waals surface area contributed by atoms with E-state index in [1.807, 2.05) is 6.20 Å². The first kappa shape index (κ1) is 15.1. The standard InChI is InChI=1S/C16H27N3O/c1-3-5-6-14(4-2)18-15-7-8-16(17-13-15)19-9-11-20-12-10-19/h7-8,13-14,18H,3-6,9-12H2,1-2H3. The van der Waals surface area contributed by atoms with Crippen LogP contribution in [0.3, 0.4) is 0 Å². The highest BCUT2D eigenvalue weighted by Gasteiger charge is 2.12. The molecule has 112 valence electrons. The van der Waals surface area contributed by atoms with Crippen molar-refractivity contribution in [2.75, 3.05) is 36.5 Å². The Morgan fingerprint density at radius 1 is 1.30 bits per heavy atom. The minimum atomic E-state index is 0.561. The maximum absolute atomic E-state index is 5.37. The fourth-order valence-electron chi connectivity index (χ4n) is 2.52. The van der Waals surface area contributed by atoms with Crippen molar-refractivity contribution in [3.63, 3.8) is 0 Å². The average molecular weight is 277 g/mol. The smallest absolute Gasteiger partial charge is 0.128 e. The van der Waals surface area contributed by atoms with E-state index in [2.05, 4.69) is 41.2 Å². The van der Waals surface area contributed by atoms with Gasteiger partial charge in [-0.2, -0.15) is 0 Å². The lowest BCUT2D eigenvalue weighted by Crippen LogP contribution is -2.36. The highest BCUT2D eigenvalue weighted by molar-refractivity contribution is 5.49. The normalized spacial score (nSPS) is 17.0. The Labute approximate surface area is 122 Å². The van der Waals surface area contributed by atoms with Crippen LogP contribution in [0, 0.1) is 0 Å². The SMILES string of the molecule is CCCCC(CC)Nc1ccc(N2CCOCC2)nc1. The van der Waals surface area contributed by atoms with Crippen molar-refractivity contribution in [2.24, 2.45) is 0 Å². The van der Waals surface area contributed by atoms with Gasteiger partial charge in [0.15, 0.2) is 0 Å². The minimum absolute atomic E-state index is 0.561. The lowest BCUT2D eigenvalue weighted by Gasteiger charge is -2.28. The van der Waals surface area contributed by atoms with Crippen LogP contribution in [0.4, 0.5) is 11.5 Å². The zero-order valence-electron chi connectivity index (χ0n) is 12.8. The predicted molar refractivity (Wildman–Crippen MR) is 84.5 cm³/mol. The number of anilines is 2. The second kappa shape index (κ2) is 8.10. The molecule has 0 aliphatic carbocycles. The molecule has 0 aromatic carbocycles. The molecule has 2 heterocycles. The van der Waals surface area contributed by atoms with Crippen molar-refractivity contribution < 1.29 is 4.74 Å². The van der Waals surface area contributed by atoms with E-state index in [-0.39, 0.29) is 0 Å². The Morgan fingerprint density at radius 3 is 2.70 bits per heavy atom. The molecule has 1 aliphatic rings. The quantitative estimate of drug-likeness (QED) is 0.830. The molecule has 1 aliphatic heterocycles. The summed E-state index contributed by atoms with van der Waals surface area (Å²) in [7, 11) is 0. The minimum Gasteiger partial charge on any atom is -0.381 e. The van der Waals surface area contributed by atoms with Crippen LogP contribution < -0.4 is 10.2 Å². The second-order valence-electron chi connectivity index (χ2n) is 5.40. The lowest BCUT2D eigenvalue weighted by atomic mass is 10.1. The van der Waals surface area contributed by atoms with Gasteiger partial charge in [0.05, 0.1) is 25.1 Å². The number of morpholine rings is 1. The molecule has 4 heteroatoms. The summed E-state index contributed by atoms with van der Waals surface area (Å²) in [5.74, 6) is 1.06. The molecule has 0 radical (unpaired) electrons. The number of unbranched alkanes of at least 4 members (excludes halogenated alkanes) is 1. The molecular formula is C16H27N3O. The van der Waals surface area contributed by atoms with Gasteiger partial charge < -0.3 is 15.0 Å². The molecule has 1 atom stereocenters. The molecule has 1 fully saturated rings. The summed E-state index contributed by atoms with van der Waals surface area (Å²) < 4.78 is 5.37. The van der Waals surface area contributed by atoms with Gasteiger partial charge in [0.1, 0.15) is 5.82 Å². The number of pyridine rings is 1. The number of aromatic nitrogens is 1. The van der Waals surface area contributed by atoms with Crippen molar-refractivity contribution in [1.29, 1.82) is 0 Å². The number of rotatable bonds is 7. The van der Waals surface area contributed by atoms with E-state index in [0.29, 0.717) is 6.04 Å². The number of nitrogens with one attached hydrogen (secondary N) is 1. The van der Waals surface area contributed by atoms with Crippen molar-refractivity contribution in [3.05, 3.63) is 18.3 Å². The molecule has 1 aromatic rings. The third kappa shape index (κ3) is 4.37. The largest absolute Gasteiger partial charge is 0.381 e. The maximum atomic E-state index is 5.37. The van der Waals surface area contributed by atoms with Crippen molar-refractivity contribution in [3.8, 4) is 0 Å². The molecular weight excluding hydrogens is 250 g/mol. The van der Waals surface area contributed by atoms with Gasteiger partial charge in [0.2, 0.25) is 0 Å². The van der Waals surface area contributed by atoms with Gasteiger partial charge in [-0.25, -0.2) is 4.98 Å². The summed E-state index contributed by atoms with van der Waals surface area (Å²) in [5, 5.41) is 3.59. The van der Waals surface area contributed by atoms with Crippen LogP contribution in [0.1, 0.15) is 39.5 Å². The summed E-state index contributed by atoms with van der Waals surface area (Å²) in [6, 6.07) is 4.82. The first-order valence-corrected chi connectivity index (χ1v) is 7.88. The van der Waals surface area contributed by atoms with E-state index in [1.54, 1.807) is 0 Å². The van der Waals surface area contributed by atoms with Crippen molar-refractivity contribution in [2.45, 2.75) is 45.6 Å². The lowest BCUT2D eigenvalue weighted by molar-refractivity contribution is 0.122. The summed E-state index contributed by atoms with van der Waals surface area (Å²) >= 11 is 0. The summed E-state index contributed by atoms with van der Waals surface area (Å²) in [6.07, 6.45) is 6.89. The molecule has 4 nitrogen and oxygen atoms in total. The fraction of sp³-hybridized carbons (Fsp3) is 0.688. The third-order valence-corrected chi connectivity index (χ3v) is 3.85. The third-order valence-electron chi connectivity index (χ3n) is 3.85. The maximum Gasteiger partial charge on any atom is 0.128 e. The first-order valence-electron chi connectivity index (χ1n) is 7.88. The number of nitrogens with zero attached hydrogens (tertiary/aromatic N) is 2. The average Bonchev–Trinajstić information content (AvgIpc) is 2.53. The van der Waals surface area contributed by atoms with Crippen LogP contribution in [0.15, 0.2) is 18.3 Å². The molecule has 1 unspecified atom stereocenters. The van der Waals surface area contributed by atoms with Crippen molar-refractivity contribution in [1.82, 2.24) is 4.98 Å². The molecule has 1 saturated heterocycles. The molecule has 2 rings (SSSR count). The molecule has 0 bridgehead atoms. The summed E-state index contributed by atoms with van der Waals surface area (Å²) in [4.78, 5) is 6.86. The van der Waals surface area contributed by atoms with Gasteiger partial charge in [-0.3, -0.25) is 0 Å². The highest BCUT2D eigenvalue weighted by Crippen LogP contribution is 2.17. The Bertz CT molecular complexity index is 374. The molecule has 1 N–H and O–H groups in total. The van der Waals surface area contributed by atoms with Gasteiger partial charge >= 0.3 is 0 Å². The summed E-state index contributed by atoms with van der Waals surface area (Å²) in [6.45, 7) is 7.96. The van der Waals surface area contributed by atoms with Gasteiger partial charge in [0, 0.05) is 19.1 Å². The van der Waals surface area contributed by atoms with Crippen LogP contribution in [-0.2, 0) is 4.74 Å². The van der Waals surface area contributed by atoms with Crippen LogP contribution in [0.5, 0.6) is 0 Å². The van der Waals surface area contributed by atoms with E-state index in [4.69, 9.17) is 4.74 Å². The van der Waals surface area contributed by atoms with Crippen molar-refractivity contribution >= 4 is 11.5 Å². The Balaban J connectivity index is 1.89. The van der Waals surface area contributed by atoms with Crippen LogP contribution in [0.2, 0.25) is 0 Å².